The summed E-state index contributed by atoms with van der Waals surface area (Å²) in [7, 11) is 0. The van der Waals surface area contributed by atoms with E-state index < -0.39 is 17.7 Å². The summed E-state index contributed by atoms with van der Waals surface area (Å²) in [5.74, 6) is -0.416. The van der Waals surface area contributed by atoms with Crippen molar-refractivity contribution in [1.82, 2.24) is 10.5 Å². The fourth-order valence-corrected chi connectivity index (χ4v) is 2.97. The maximum absolute atomic E-state index is 13.1. The van der Waals surface area contributed by atoms with Gasteiger partial charge in [0.15, 0.2) is 0 Å². The Morgan fingerprint density at radius 1 is 1.33 bits per heavy atom. The number of aromatic nitrogens is 1. The summed E-state index contributed by atoms with van der Waals surface area (Å²) in [6.45, 7) is 3.79. The first-order valence-electron chi connectivity index (χ1n) is 7.64. The van der Waals surface area contributed by atoms with E-state index in [2.05, 4.69) is 10.5 Å². The summed E-state index contributed by atoms with van der Waals surface area (Å²) in [4.78, 5) is 12.2. The number of alkyl halides is 3. The fourth-order valence-electron chi connectivity index (χ4n) is 2.97. The maximum atomic E-state index is 13.1. The molecule has 0 aliphatic heterocycles. The zero-order valence-corrected chi connectivity index (χ0v) is 13.3. The van der Waals surface area contributed by atoms with Gasteiger partial charge in [-0.05, 0) is 37.8 Å². The third-order valence-corrected chi connectivity index (χ3v) is 4.41. The summed E-state index contributed by atoms with van der Waals surface area (Å²) >= 11 is 0. The van der Waals surface area contributed by atoms with Crippen LogP contribution in [0.2, 0.25) is 0 Å². The molecular weight excluding hydrogens is 321 g/mol. The van der Waals surface area contributed by atoms with E-state index in [4.69, 9.17) is 4.52 Å². The highest BCUT2D eigenvalue weighted by Gasteiger charge is 2.47. The number of amides is 1. The first kappa shape index (κ1) is 16.5. The molecule has 0 radical (unpaired) electrons. The molecule has 0 unspecified atom stereocenters. The molecule has 0 bridgehead atoms. The van der Waals surface area contributed by atoms with Crippen LogP contribution in [0, 0.1) is 19.8 Å². The van der Waals surface area contributed by atoms with Gasteiger partial charge in [0.05, 0.1) is 11.3 Å². The minimum Gasteiger partial charge on any atom is -0.361 e. The molecule has 1 amide bonds. The molecule has 3 rings (SSSR count). The molecule has 7 heteroatoms. The molecule has 1 aliphatic carbocycles. The molecule has 1 N–H and O–H groups in total. The number of carbonyl (C=O) groups is 1. The van der Waals surface area contributed by atoms with Crippen molar-refractivity contribution < 1.29 is 22.5 Å². The van der Waals surface area contributed by atoms with Gasteiger partial charge in [-0.2, -0.15) is 13.2 Å². The van der Waals surface area contributed by atoms with Crippen LogP contribution in [0.4, 0.5) is 13.2 Å². The number of halogens is 3. The SMILES string of the molecule is Cc1noc(C)c1CNC(=O)[C@H]1C[C@H]1c1ccccc1C(F)(F)F. The molecule has 1 fully saturated rings. The van der Waals surface area contributed by atoms with Crippen molar-refractivity contribution in [2.45, 2.75) is 38.9 Å². The average Bonchev–Trinajstić information content (AvgIpc) is 3.26. The average molecular weight is 338 g/mol. The van der Waals surface area contributed by atoms with Crippen LogP contribution in [-0.2, 0) is 17.5 Å². The third-order valence-electron chi connectivity index (χ3n) is 4.41. The molecular formula is C17H17F3N2O2. The van der Waals surface area contributed by atoms with Gasteiger partial charge in [0, 0.05) is 18.0 Å². The molecule has 0 saturated heterocycles. The Morgan fingerprint density at radius 2 is 2.04 bits per heavy atom. The van der Waals surface area contributed by atoms with Crippen LogP contribution in [0.15, 0.2) is 28.8 Å². The van der Waals surface area contributed by atoms with Crippen molar-refractivity contribution in [2.75, 3.05) is 0 Å². The van der Waals surface area contributed by atoms with E-state index in [-0.39, 0.29) is 23.9 Å². The topological polar surface area (TPSA) is 55.1 Å². The number of aryl methyl sites for hydroxylation is 2. The van der Waals surface area contributed by atoms with Crippen LogP contribution in [0.25, 0.3) is 0 Å². The van der Waals surface area contributed by atoms with E-state index in [0.717, 1.165) is 11.6 Å². The highest BCUT2D eigenvalue weighted by atomic mass is 19.4. The Morgan fingerprint density at radius 3 is 2.67 bits per heavy atom. The summed E-state index contributed by atoms with van der Waals surface area (Å²) in [6, 6.07) is 5.45. The molecule has 1 heterocycles. The standard InChI is InChI=1S/C17H17F3N2O2/c1-9-14(10(2)24-22-9)8-21-16(23)13-7-12(13)11-5-3-4-6-15(11)17(18,19)20/h3-6,12-13H,7-8H2,1-2H3,(H,21,23)/t12-,13-/m0/s1. The van der Waals surface area contributed by atoms with Gasteiger partial charge < -0.3 is 9.84 Å². The van der Waals surface area contributed by atoms with Crippen molar-refractivity contribution in [3.63, 3.8) is 0 Å². The summed E-state index contributed by atoms with van der Waals surface area (Å²) < 4.78 is 44.2. The van der Waals surface area contributed by atoms with Crippen LogP contribution in [0.3, 0.4) is 0 Å². The number of hydrogen-bond acceptors (Lipinski definition) is 3. The molecule has 1 aliphatic rings. The van der Waals surface area contributed by atoms with Crippen LogP contribution in [-0.4, -0.2) is 11.1 Å². The summed E-state index contributed by atoms with van der Waals surface area (Å²) in [5.41, 5.74) is 1.04. The molecule has 1 aromatic heterocycles. The Kier molecular flexibility index (Phi) is 4.11. The lowest BCUT2D eigenvalue weighted by Gasteiger charge is -2.12. The second kappa shape index (κ2) is 5.96. The predicted molar refractivity (Wildman–Crippen MR) is 80.1 cm³/mol. The van der Waals surface area contributed by atoms with Crippen LogP contribution >= 0.6 is 0 Å². The second-order valence-corrected chi connectivity index (χ2v) is 6.05. The highest BCUT2D eigenvalue weighted by molar-refractivity contribution is 5.83. The Bertz CT molecular complexity index is 748. The molecule has 24 heavy (non-hydrogen) atoms. The van der Waals surface area contributed by atoms with Crippen molar-refractivity contribution >= 4 is 5.91 Å². The monoisotopic (exact) mass is 338 g/mol. The maximum Gasteiger partial charge on any atom is 0.416 e. The Balaban J connectivity index is 1.67. The van der Waals surface area contributed by atoms with Gasteiger partial charge in [0.2, 0.25) is 5.91 Å². The number of carbonyl (C=O) groups excluding carboxylic acids is 1. The zero-order chi connectivity index (χ0) is 17.5. The minimum absolute atomic E-state index is 0.197. The number of rotatable bonds is 4. The largest absolute Gasteiger partial charge is 0.416 e. The lowest BCUT2D eigenvalue weighted by Crippen LogP contribution is -2.25. The molecule has 1 saturated carbocycles. The first-order chi connectivity index (χ1) is 11.3. The molecule has 4 nitrogen and oxygen atoms in total. The van der Waals surface area contributed by atoms with Gasteiger partial charge in [0.25, 0.3) is 0 Å². The number of benzene rings is 1. The van der Waals surface area contributed by atoms with Crippen molar-refractivity contribution in [3.05, 3.63) is 52.4 Å². The van der Waals surface area contributed by atoms with Gasteiger partial charge in [0.1, 0.15) is 5.76 Å². The number of hydrogen-bond donors (Lipinski definition) is 1. The first-order valence-corrected chi connectivity index (χ1v) is 7.64. The van der Waals surface area contributed by atoms with E-state index in [1.807, 2.05) is 0 Å². The minimum atomic E-state index is -4.41. The summed E-state index contributed by atoms with van der Waals surface area (Å²) in [6.07, 6.45) is -3.97. The van der Waals surface area contributed by atoms with Gasteiger partial charge in [-0.15, -0.1) is 0 Å². The summed E-state index contributed by atoms with van der Waals surface area (Å²) in [5, 5.41) is 6.57. The number of nitrogens with one attached hydrogen (secondary N) is 1. The molecule has 0 spiro atoms. The third kappa shape index (κ3) is 3.16. The molecule has 2 aromatic rings. The van der Waals surface area contributed by atoms with Gasteiger partial charge >= 0.3 is 6.18 Å². The fraction of sp³-hybridized carbons (Fsp3) is 0.412. The van der Waals surface area contributed by atoms with Crippen LogP contribution in [0.5, 0.6) is 0 Å². The Labute approximate surface area is 137 Å². The lowest BCUT2D eigenvalue weighted by atomic mass is 10.0. The van der Waals surface area contributed by atoms with E-state index in [1.54, 1.807) is 19.9 Å². The predicted octanol–water partition coefficient (Wildman–Crippen LogP) is 3.73. The Hall–Kier alpha value is -2.31. The van der Waals surface area contributed by atoms with Gasteiger partial charge in [-0.1, -0.05) is 23.4 Å². The van der Waals surface area contributed by atoms with E-state index in [0.29, 0.717) is 17.9 Å². The normalized spacial score (nSPS) is 20.0. The van der Waals surface area contributed by atoms with E-state index >= 15 is 0 Å². The quantitative estimate of drug-likeness (QED) is 0.924. The second-order valence-electron chi connectivity index (χ2n) is 6.05. The van der Waals surface area contributed by atoms with E-state index in [1.165, 1.54) is 12.1 Å². The van der Waals surface area contributed by atoms with Crippen LogP contribution < -0.4 is 5.32 Å². The van der Waals surface area contributed by atoms with Crippen molar-refractivity contribution in [2.24, 2.45) is 5.92 Å². The number of nitrogens with zero attached hydrogens (tertiary/aromatic N) is 1. The highest BCUT2D eigenvalue weighted by Crippen LogP contribution is 2.51. The smallest absolute Gasteiger partial charge is 0.361 e. The lowest BCUT2D eigenvalue weighted by molar-refractivity contribution is -0.138. The van der Waals surface area contributed by atoms with Gasteiger partial charge in [-0.25, -0.2) is 0 Å². The molecule has 2 atom stereocenters. The van der Waals surface area contributed by atoms with Crippen LogP contribution in [0.1, 0.15) is 40.5 Å². The molecule has 1 aromatic carbocycles. The van der Waals surface area contributed by atoms with Gasteiger partial charge in [-0.3, -0.25) is 4.79 Å². The van der Waals surface area contributed by atoms with Crippen molar-refractivity contribution in [1.29, 1.82) is 0 Å². The molecule has 128 valence electrons. The van der Waals surface area contributed by atoms with E-state index in [9.17, 15) is 18.0 Å². The van der Waals surface area contributed by atoms with Crippen molar-refractivity contribution in [3.8, 4) is 0 Å². The zero-order valence-electron chi connectivity index (χ0n) is 13.3.